The molecule has 1 aliphatic rings. The molecule has 4 heteroatoms. The van der Waals surface area contributed by atoms with Crippen molar-refractivity contribution in [3.63, 3.8) is 0 Å². The number of rotatable bonds is 2. The normalized spacial score (nSPS) is 14.0. The highest BCUT2D eigenvalue weighted by Gasteiger charge is 2.28. The number of phenols is 2. The molecule has 0 atom stereocenters. The van der Waals surface area contributed by atoms with Gasteiger partial charge in [-0.25, -0.2) is 0 Å². The van der Waals surface area contributed by atoms with Crippen molar-refractivity contribution in [2.45, 2.75) is 130 Å². The lowest BCUT2D eigenvalue weighted by Crippen LogP contribution is -2.16. The maximum absolute atomic E-state index is 12.1. The van der Waals surface area contributed by atoms with Crippen LogP contribution in [0.4, 0.5) is 0 Å². The highest BCUT2D eigenvalue weighted by atomic mass is 16.5. The van der Waals surface area contributed by atoms with Crippen molar-refractivity contribution in [2.75, 3.05) is 14.2 Å². The van der Waals surface area contributed by atoms with Crippen LogP contribution in [0.3, 0.4) is 0 Å². The van der Waals surface area contributed by atoms with Crippen molar-refractivity contribution < 1.29 is 19.7 Å². The van der Waals surface area contributed by atoms with Gasteiger partial charge in [-0.1, -0.05) is 132 Å². The molecular formula is C46H60O4. The Labute approximate surface area is 301 Å². The van der Waals surface area contributed by atoms with Crippen LogP contribution in [-0.2, 0) is 47.3 Å². The van der Waals surface area contributed by atoms with E-state index in [0.717, 1.165) is 56.0 Å². The summed E-state index contributed by atoms with van der Waals surface area (Å²) in [7, 11) is 3.47. The van der Waals surface area contributed by atoms with E-state index >= 15 is 0 Å². The van der Waals surface area contributed by atoms with Crippen LogP contribution >= 0.6 is 0 Å². The van der Waals surface area contributed by atoms with E-state index < -0.39 is 0 Å². The lowest BCUT2D eigenvalue weighted by atomic mass is 9.79. The van der Waals surface area contributed by atoms with Gasteiger partial charge in [0.15, 0.2) is 0 Å². The number of hydrogen-bond donors (Lipinski definition) is 2. The molecule has 8 bridgehead atoms. The minimum Gasteiger partial charge on any atom is -0.507 e. The van der Waals surface area contributed by atoms with Gasteiger partial charge in [-0.05, 0) is 88.4 Å². The van der Waals surface area contributed by atoms with Crippen molar-refractivity contribution in [3.05, 3.63) is 115 Å². The largest absolute Gasteiger partial charge is 0.507 e. The monoisotopic (exact) mass is 676 g/mol. The summed E-state index contributed by atoms with van der Waals surface area (Å²) in [6.07, 6.45) is 2.03. The molecule has 4 nitrogen and oxygen atoms in total. The molecule has 268 valence electrons. The van der Waals surface area contributed by atoms with E-state index in [2.05, 4.69) is 132 Å². The van der Waals surface area contributed by atoms with Gasteiger partial charge in [0.1, 0.15) is 23.0 Å². The molecule has 0 aliphatic heterocycles. The first-order chi connectivity index (χ1) is 23.0. The van der Waals surface area contributed by atoms with Gasteiger partial charge in [-0.3, -0.25) is 0 Å². The first-order valence-corrected chi connectivity index (χ1v) is 18.1. The molecule has 0 unspecified atom stereocenters. The third-order valence-corrected chi connectivity index (χ3v) is 10.4. The highest BCUT2D eigenvalue weighted by molar-refractivity contribution is 5.59. The summed E-state index contributed by atoms with van der Waals surface area (Å²) in [4.78, 5) is 0. The Morgan fingerprint density at radius 3 is 0.700 bits per heavy atom. The quantitative estimate of drug-likeness (QED) is 0.195. The van der Waals surface area contributed by atoms with Crippen LogP contribution in [0, 0.1) is 0 Å². The Kier molecular flexibility index (Phi) is 9.71. The fraction of sp³-hybridized carbons (Fsp3) is 0.478. The van der Waals surface area contributed by atoms with Gasteiger partial charge in [0.05, 0.1) is 14.2 Å². The molecule has 0 radical (unpaired) electrons. The van der Waals surface area contributed by atoms with E-state index in [-0.39, 0.29) is 21.7 Å². The molecule has 0 saturated carbocycles. The van der Waals surface area contributed by atoms with Gasteiger partial charge in [0.2, 0.25) is 0 Å². The number of phenolic OH excluding ortho intramolecular Hbond substituents is 2. The minimum atomic E-state index is -0.131. The highest BCUT2D eigenvalue weighted by Crippen LogP contribution is 2.43. The summed E-state index contributed by atoms with van der Waals surface area (Å²) in [5.74, 6) is 2.24. The maximum Gasteiger partial charge on any atom is 0.125 e. The molecule has 50 heavy (non-hydrogen) atoms. The Morgan fingerprint density at radius 1 is 0.360 bits per heavy atom. The second kappa shape index (κ2) is 13.0. The van der Waals surface area contributed by atoms with Gasteiger partial charge < -0.3 is 19.7 Å². The average molecular weight is 677 g/mol. The fourth-order valence-corrected chi connectivity index (χ4v) is 7.17. The van der Waals surface area contributed by atoms with E-state index in [1.54, 1.807) is 14.2 Å². The first kappa shape index (κ1) is 37.3. The van der Waals surface area contributed by atoms with Crippen LogP contribution in [0.25, 0.3) is 0 Å². The molecule has 0 heterocycles. The zero-order valence-corrected chi connectivity index (χ0v) is 33.2. The molecule has 0 spiro atoms. The van der Waals surface area contributed by atoms with E-state index in [1.807, 2.05) is 0 Å². The van der Waals surface area contributed by atoms with E-state index in [9.17, 15) is 10.2 Å². The van der Waals surface area contributed by atoms with Gasteiger partial charge in [-0.2, -0.15) is 0 Å². The zero-order valence-electron chi connectivity index (χ0n) is 33.2. The van der Waals surface area contributed by atoms with E-state index in [1.165, 1.54) is 22.3 Å². The molecule has 2 N–H and O–H groups in total. The molecule has 0 fully saturated rings. The third-order valence-electron chi connectivity index (χ3n) is 10.4. The smallest absolute Gasteiger partial charge is 0.125 e. The summed E-state index contributed by atoms with van der Waals surface area (Å²) >= 11 is 0. The molecule has 0 aromatic heterocycles. The zero-order chi connectivity index (χ0) is 37.1. The predicted octanol–water partition coefficient (Wildman–Crippen LogP) is 11.0. The molecule has 0 saturated heterocycles. The van der Waals surface area contributed by atoms with E-state index in [4.69, 9.17) is 9.47 Å². The second-order valence-electron chi connectivity index (χ2n) is 18.6. The van der Waals surface area contributed by atoms with Crippen LogP contribution in [0.15, 0.2) is 48.5 Å². The summed E-state index contributed by atoms with van der Waals surface area (Å²) in [5.41, 5.74) is 11.8. The van der Waals surface area contributed by atoms with Crippen molar-refractivity contribution in [1.29, 1.82) is 0 Å². The van der Waals surface area contributed by atoms with Crippen LogP contribution in [0.1, 0.15) is 150 Å². The van der Waals surface area contributed by atoms with Gasteiger partial charge >= 0.3 is 0 Å². The van der Waals surface area contributed by atoms with Crippen LogP contribution in [0.5, 0.6) is 23.0 Å². The maximum atomic E-state index is 12.1. The molecule has 0 amide bonds. The Bertz CT molecular complexity index is 1680. The summed E-state index contributed by atoms with van der Waals surface area (Å²) in [6.45, 7) is 26.7. The summed E-state index contributed by atoms with van der Waals surface area (Å²) in [5, 5.41) is 24.3. The molecule has 5 rings (SSSR count). The van der Waals surface area contributed by atoms with Crippen LogP contribution in [0.2, 0.25) is 0 Å². The SMILES string of the molecule is COc1c2cc(C(C)(C)C)cc1Cc1cc(C(C)(C)C)cc(c1O)Cc1cc(C(C)(C)C)cc(c1OC)Cc1cc(C(C)(C)C)cc(c1O)C2. The number of fused-ring (bicyclic) bond motifs is 8. The lowest BCUT2D eigenvalue weighted by Gasteiger charge is -2.27. The molecule has 4 aromatic rings. The van der Waals surface area contributed by atoms with Crippen LogP contribution in [-0.4, -0.2) is 24.4 Å². The third kappa shape index (κ3) is 7.55. The van der Waals surface area contributed by atoms with Gasteiger partial charge in [-0.15, -0.1) is 0 Å². The summed E-state index contributed by atoms with van der Waals surface area (Å²) in [6, 6.07) is 17.7. The van der Waals surface area contributed by atoms with Gasteiger partial charge in [0.25, 0.3) is 0 Å². The van der Waals surface area contributed by atoms with Crippen molar-refractivity contribution in [1.82, 2.24) is 0 Å². The topological polar surface area (TPSA) is 58.9 Å². The number of ether oxygens (including phenoxy) is 2. The van der Waals surface area contributed by atoms with Crippen LogP contribution < -0.4 is 9.47 Å². The fourth-order valence-electron chi connectivity index (χ4n) is 7.17. The predicted molar refractivity (Wildman–Crippen MR) is 208 cm³/mol. The number of aromatic hydroxyl groups is 2. The Hall–Kier alpha value is -3.92. The van der Waals surface area contributed by atoms with Crippen molar-refractivity contribution in [2.24, 2.45) is 0 Å². The van der Waals surface area contributed by atoms with Crippen molar-refractivity contribution in [3.8, 4) is 23.0 Å². The Balaban J connectivity index is 1.93. The number of hydrogen-bond acceptors (Lipinski definition) is 4. The second-order valence-corrected chi connectivity index (χ2v) is 18.6. The van der Waals surface area contributed by atoms with Crippen molar-refractivity contribution >= 4 is 0 Å². The summed E-state index contributed by atoms with van der Waals surface area (Å²) < 4.78 is 12.5. The van der Waals surface area contributed by atoms with Gasteiger partial charge in [0, 0.05) is 25.7 Å². The minimum absolute atomic E-state index is 0.123. The molecule has 4 aromatic carbocycles. The number of benzene rings is 4. The average Bonchev–Trinajstić information content (AvgIpc) is 2.98. The standard InChI is InChI=1S/C46H60O4/c1-43(2,3)35-19-27-15-31-23-37(45(7,8)9)25-33(41(31)49-13)17-29-21-36(44(4,5)6)22-30(40(29)48)18-34-26-38(46(10,11)12)24-32(42(34)50-14)16-28(20-35)39(27)47/h19-26,47-48H,15-18H2,1-14H3. The molecular weight excluding hydrogens is 617 g/mol. The molecule has 1 aliphatic carbocycles. The lowest BCUT2D eigenvalue weighted by molar-refractivity contribution is 0.403. The Morgan fingerprint density at radius 2 is 0.540 bits per heavy atom. The number of methoxy groups -OCH3 is 2. The first-order valence-electron chi connectivity index (χ1n) is 18.1. The van der Waals surface area contributed by atoms with E-state index in [0.29, 0.717) is 37.2 Å².